The van der Waals surface area contributed by atoms with Crippen LogP contribution in [-0.4, -0.2) is 22.3 Å². The Hall–Kier alpha value is -0.650. The van der Waals surface area contributed by atoms with Crippen LogP contribution in [0.15, 0.2) is 22.7 Å². The highest BCUT2D eigenvalue weighted by molar-refractivity contribution is 9.10. The maximum absolute atomic E-state index is 5.55. The van der Waals surface area contributed by atoms with Crippen molar-refractivity contribution < 1.29 is 4.74 Å². The van der Waals surface area contributed by atoms with Gasteiger partial charge in [0, 0.05) is 11.1 Å². The summed E-state index contributed by atoms with van der Waals surface area (Å²) in [6, 6.07) is 6.12. The Morgan fingerprint density at radius 2 is 2.29 bits per heavy atom. The summed E-state index contributed by atoms with van der Waals surface area (Å²) < 4.78 is 9.42. The van der Waals surface area contributed by atoms with E-state index in [4.69, 9.17) is 17.0 Å². The summed E-state index contributed by atoms with van der Waals surface area (Å²) in [7, 11) is 0. The van der Waals surface area contributed by atoms with Crippen molar-refractivity contribution >= 4 is 39.2 Å². The molecule has 1 N–H and O–H groups in total. The van der Waals surface area contributed by atoms with Gasteiger partial charge in [-0.1, -0.05) is 15.9 Å². The van der Waals surface area contributed by atoms with E-state index in [0.29, 0.717) is 0 Å². The maximum Gasteiger partial charge on any atom is 0.178 e. The molecule has 2 rings (SSSR count). The summed E-state index contributed by atoms with van der Waals surface area (Å²) in [5.74, 6) is 0. The van der Waals surface area contributed by atoms with E-state index in [-0.39, 0.29) is 6.10 Å². The molecule has 0 fully saturated rings. The van der Waals surface area contributed by atoms with Crippen molar-refractivity contribution in [3.05, 3.63) is 27.4 Å². The Morgan fingerprint density at radius 3 is 3.00 bits per heavy atom. The van der Waals surface area contributed by atoms with E-state index in [1.165, 1.54) is 0 Å². The van der Waals surface area contributed by atoms with Gasteiger partial charge in [-0.05, 0) is 44.3 Å². The van der Waals surface area contributed by atoms with Crippen LogP contribution in [0, 0.1) is 4.77 Å². The molecule has 0 saturated carbocycles. The molecule has 1 aromatic heterocycles. The first-order valence-corrected chi connectivity index (χ1v) is 6.81. The summed E-state index contributed by atoms with van der Waals surface area (Å²) in [6.45, 7) is 5.56. The van der Waals surface area contributed by atoms with Gasteiger partial charge in [-0.3, -0.25) is 0 Å². The van der Waals surface area contributed by atoms with E-state index in [2.05, 4.69) is 38.5 Å². The van der Waals surface area contributed by atoms with Crippen LogP contribution in [0.4, 0.5) is 0 Å². The third-order valence-electron chi connectivity index (χ3n) is 2.63. The SMILES string of the molecule is CCOC(C)Cn1c(=S)[nH]c2cc(Br)ccc21. The normalized spacial score (nSPS) is 13.1. The molecular formula is C12H15BrN2OS. The standard InChI is InChI=1S/C12H15BrN2OS/c1-3-16-8(2)7-15-11-5-4-9(13)6-10(11)14-12(15)17/h4-6,8H,3,7H2,1-2H3,(H,14,17). The van der Waals surface area contributed by atoms with E-state index in [1.807, 2.05) is 19.1 Å². The number of ether oxygens (including phenoxy) is 1. The molecule has 2 aromatic rings. The molecule has 0 saturated heterocycles. The van der Waals surface area contributed by atoms with Gasteiger partial charge in [0.05, 0.1) is 23.7 Å². The second-order valence-corrected chi connectivity index (χ2v) is 5.27. The molecule has 0 bridgehead atoms. The number of fused-ring (bicyclic) bond motifs is 1. The lowest BCUT2D eigenvalue weighted by molar-refractivity contribution is 0.0645. The molecule has 3 nitrogen and oxygen atoms in total. The highest BCUT2D eigenvalue weighted by Gasteiger charge is 2.08. The third kappa shape index (κ3) is 2.78. The van der Waals surface area contributed by atoms with Crippen LogP contribution in [0.25, 0.3) is 11.0 Å². The van der Waals surface area contributed by atoms with E-state index in [0.717, 1.165) is 33.4 Å². The Labute approximate surface area is 114 Å². The van der Waals surface area contributed by atoms with Gasteiger partial charge in [-0.2, -0.15) is 0 Å². The Balaban J connectivity index is 2.40. The number of hydrogen-bond donors (Lipinski definition) is 1. The minimum atomic E-state index is 0.161. The molecule has 0 amide bonds. The third-order valence-corrected chi connectivity index (χ3v) is 3.44. The van der Waals surface area contributed by atoms with Crippen molar-refractivity contribution in [1.29, 1.82) is 0 Å². The van der Waals surface area contributed by atoms with E-state index in [9.17, 15) is 0 Å². The molecule has 0 aliphatic rings. The molecule has 17 heavy (non-hydrogen) atoms. The highest BCUT2D eigenvalue weighted by atomic mass is 79.9. The zero-order valence-electron chi connectivity index (χ0n) is 9.87. The molecule has 0 spiro atoms. The second kappa shape index (κ2) is 5.33. The first-order valence-electron chi connectivity index (χ1n) is 5.61. The van der Waals surface area contributed by atoms with Crippen LogP contribution in [-0.2, 0) is 11.3 Å². The molecule has 1 atom stereocenters. The highest BCUT2D eigenvalue weighted by Crippen LogP contribution is 2.20. The summed E-state index contributed by atoms with van der Waals surface area (Å²) in [5, 5.41) is 0. The number of benzene rings is 1. The van der Waals surface area contributed by atoms with Crippen molar-refractivity contribution in [3.8, 4) is 0 Å². The summed E-state index contributed by atoms with van der Waals surface area (Å²) in [4.78, 5) is 3.21. The molecule has 0 aliphatic carbocycles. The van der Waals surface area contributed by atoms with Gasteiger partial charge in [-0.25, -0.2) is 0 Å². The van der Waals surface area contributed by atoms with Gasteiger partial charge in [0.2, 0.25) is 0 Å². The predicted octanol–water partition coefficient (Wildman–Crippen LogP) is 3.89. The Kier molecular flexibility index (Phi) is 4.01. The Bertz CT molecular complexity index is 575. The van der Waals surface area contributed by atoms with Crippen LogP contribution in [0.2, 0.25) is 0 Å². The van der Waals surface area contributed by atoms with Crippen LogP contribution < -0.4 is 0 Å². The van der Waals surface area contributed by atoms with Crippen molar-refractivity contribution in [2.75, 3.05) is 6.61 Å². The summed E-state index contributed by atoms with van der Waals surface area (Å²) >= 11 is 8.79. The van der Waals surface area contributed by atoms with E-state index >= 15 is 0 Å². The van der Waals surface area contributed by atoms with Crippen LogP contribution in [0.5, 0.6) is 0 Å². The number of rotatable bonds is 4. The molecule has 92 valence electrons. The quantitative estimate of drug-likeness (QED) is 0.868. The van der Waals surface area contributed by atoms with Crippen molar-refractivity contribution in [2.45, 2.75) is 26.5 Å². The number of aromatic amines is 1. The van der Waals surface area contributed by atoms with Crippen LogP contribution >= 0.6 is 28.1 Å². The monoisotopic (exact) mass is 314 g/mol. The first kappa shape index (κ1) is 12.8. The zero-order valence-corrected chi connectivity index (χ0v) is 12.3. The lowest BCUT2D eigenvalue weighted by Crippen LogP contribution is -2.16. The van der Waals surface area contributed by atoms with Crippen LogP contribution in [0.1, 0.15) is 13.8 Å². The average Bonchev–Trinajstić information content (AvgIpc) is 2.55. The fourth-order valence-electron chi connectivity index (χ4n) is 1.91. The summed E-state index contributed by atoms with van der Waals surface area (Å²) in [6.07, 6.45) is 0.161. The number of nitrogens with one attached hydrogen (secondary N) is 1. The molecule has 0 aliphatic heterocycles. The smallest absolute Gasteiger partial charge is 0.178 e. The minimum Gasteiger partial charge on any atom is -0.377 e. The second-order valence-electron chi connectivity index (χ2n) is 3.97. The number of nitrogens with zero attached hydrogens (tertiary/aromatic N) is 1. The molecule has 0 radical (unpaired) electrons. The van der Waals surface area contributed by atoms with E-state index < -0.39 is 0 Å². The Morgan fingerprint density at radius 1 is 1.53 bits per heavy atom. The van der Waals surface area contributed by atoms with Crippen molar-refractivity contribution in [1.82, 2.24) is 9.55 Å². The minimum absolute atomic E-state index is 0.161. The van der Waals surface area contributed by atoms with Crippen LogP contribution in [0.3, 0.4) is 0 Å². The topological polar surface area (TPSA) is 29.9 Å². The van der Waals surface area contributed by atoms with Gasteiger partial charge in [0.15, 0.2) is 4.77 Å². The number of H-pyrrole nitrogens is 1. The van der Waals surface area contributed by atoms with E-state index in [1.54, 1.807) is 0 Å². The molecular weight excluding hydrogens is 300 g/mol. The lowest BCUT2D eigenvalue weighted by atomic mass is 10.3. The van der Waals surface area contributed by atoms with Gasteiger partial charge >= 0.3 is 0 Å². The van der Waals surface area contributed by atoms with Gasteiger partial charge < -0.3 is 14.3 Å². The van der Waals surface area contributed by atoms with Gasteiger partial charge in [0.1, 0.15) is 0 Å². The number of aromatic nitrogens is 2. The fourth-order valence-corrected chi connectivity index (χ4v) is 2.56. The van der Waals surface area contributed by atoms with Gasteiger partial charge in [0.25, 0.3) is 0 Å². The maximum atomic E-state index is 5.55. The molecule has 1 heterocycles. The molecule has 1 unspecified atom stereocenters. The number of hydrogen-bond acceptors (Lipinski definition) is 2. The average molecular weight is 315 g/mol. The summed E-state index contributed by atoms with van der Waals surface area (Å²) in [5.41, 5.74) is 2.16. The largest absolute Gasteiger partial charge is 0.377 e. The first-order chi connectivity index (χ1) is 8.11. The van der Waals surface area contributed by atoms with Crippen molar-refractivity contribution in [2.24, 2.45) is 0 Å². The number of imidazole rings is 1. The number of halogens is 1. The predicted molar refractivity (Wildman–Crippen MR) is 75.9 cm³/mol. The van der Waals surface area contributed by atoms with Gasteiger partial charge in [-0.15, -0.1) is 0 Å². The lowest BCUT2D eigenvalue weighted by Gasteiger charge is -2.12. The molecule has 1 aromatic carbocycles. The fraction of sp³-hybridized carbons (Fsp3) is 0.417. The zero-order chi connectivity index (χ0) is 12.4. The molecule has 5 heteroatoms. The van der Waals surface area contributed by atoms with Crippen molar-refractivity contribution in [3.63, 3.8) is 0 Å².